The molecule has 0 aliphatic carbocycles. The maximum absolute atomic E-state index is 12.7. The van der Waals surface area contributed by atoms with Gasteiger partial charge in [-0.3, -0.25) is 4.99 Å². The van der Waals surface area contributed by atoms with Gasteiger partial charge in [0.1, 0.15) is 18.2 Å². The second-order valence-corrected chi connectivity index (χ2v) is 5.06. The summed E-state index contributed by atoms with van der Waals surface area (Å²) in [6.45, 7) is 2.49. The van der Waals surface area contributed by atoms with E-state index in [-0.39, 0.29) is 35.9 Å². The highest BCUT2D eigenvalue weighted by atomic mass is 127. The summed E-state index contributed by atoms with van der Waals surface area (Å²) in [5.41, 5.74) is 5.91. The van der Waals surface area contributed by atoms with Crippen LogP contribution >= 0.6 is 24.0 Å². The van der Waals surface area contributed by atoms with Gasteiger partial charge in [-0.25, -0.2) is 4.39 Å². The molecule has 1 fully saturated rings. The highest BCUT2D eigenvalue weighted by Gasteiger charge is 2.15. The first-order chi connectivity index (χ1) is 10.1. The predicted molar refractivity (Wildman–Crippen MR) is 95.4 cm³/mol. The van der Waals surface area contributed by atoms with E-state index < -0.39 is 0 Å². The molecule has 1 aliphatic heterocycles. The third-order valence-corrected chi connectivity index (χ3v) is 3.38. The van der Waals surface area contributed by atoms with Crippen LogP contribution in [0.1, 0.15) is 12.8 Å². The lowest BCUT2D eigenvalue weighted by Crippen LogP contribution is -2.37. The highest BCUT2D eigenvalue weighted by Crippen LogP contribution is 2.12. The Morgan fingerprint density at radius 2 is 2.18 bits per heavy atom. The number of halogens is 2. The van der Waals surface area contributed by atoms with E-state index in [9.17, 15) is 4.39 Å². The molecule has 0 saturated carbocycles. The van der Waals surface area contributed by atoms with E-state index in [2.05, 4.69) is 4.99 Å². The van der Waals surface area contributed by atoms with Gasteiger partial charge in [-0.2, -0.15) is 0 Å². The molecular weight excluding hydrogens is 400 g/mol. The fourth-order valence-electron chi connectivity index (χ4n) is 2.05. The molecule has 22 heavy (non-hydrogen) atoms. The lowest BCUT2D eigenvalue weighted by molar-refractivity contribution is 0.117. The topological polar surface area (TPSA) is 60.1 Å². The van der Waals surface area contributed by atoms with Gasteiger partial charge in [0.25, 0.3) is 0 Å². The van der Waals surface area contributed by atoms with Crippen LogP contribution in [0.25, 0.3) is 0 Å². The second kappa shape index (κ2) is 9.83. The maximum Gasteiger partial charge on any atom is 0.191 e. The smallest absolute Gasteiger partial charge is 0.191 e. The first-order valence-corrected chi connectivity index (χ1v) is 7.16. The first kappa shape index (κ1) is 19.0. The van der Waals surface area contributed by atoms with Gasteiger partial charge in [0.15, 0.2) is 5.96 Å². The minimum atomic E-state index is -0.273. The Kier molecular flexibility index (Phi) is 8.47. The number of hydrogen-bond acceptors (Lipinski definition) is 3. The van der Waals surface area contributed by atoms with Gasteiger partial charge in [-0.05, 0) is 37.1 Å². The van der Waals surface area contributed by atoms with Crippen molar-refractivity contribution >= 4 is 29.9 Å². The quantitative estimate of drug-likeness (QED) is 0.433. The normalized spacial score (nSPS) is 17.9. The highest BCUT2D eigenvalue weighted by molar-refractivity contribution is 14.0. The minimum absolute atomic E-state index is 0. The molecule has 7 heteroatoms. The van der Waals surface area contributed by atoms with Crippen molar-refractivity contribution in [1.29, 1.82) is 0 Å². The number of rotatable bonds is 6. The SMILES string of the molecule is CN(CCOc1ccc(F)cc1)C(N)=NCC1CCCO1.I. The Balaban J connectivity index is 0.00000242. The molecule has 124 valence electrons. The number of hydrogen-bond donors (Lipinski definition) is 1. The molecule has 1 unspecified atom stereocenters. The van der Waals surface area contributed by atoms with Gasteiger partial charge < -0.3 is 20.1 Å². The summed E-state index contributed by atoms with van der Waals surface area (Å²) in [5, 5.41) is 0. The maximum atomic E-state index is 12.7. The molecule has 2 rings (SSSR count). The molecule has 1 saturated heterocycles. The van der Waals surface area contributed by atoms with Crippen LogP contribution in [0.2, 0.25) is 0 Å². The van der Waals surface area contributed by atoms with Gasteiger partial charge in [-0.15, -0.1) is 24.0 Å². The zero-order valence-corrected chi connectivity index (χ0v) is 15.0. The van der Waals surface area contributed by atoms with Crippen molar-refractivity contribution in [2.24, 2.45) is 10.7 Å². The van der Waals surface area contributed by atoms with Crippen LogP contribution in [0.5, 0.6) is 5.75 Å². The van der Waals surface area contributed by atoms with Crippen molar-refractivity contribution in [2.45, 2.75) is 18.9 Å². The Morgan fingerprint density at radius 1 is 1.45 bits per heavy atom. The number of ether oxygens (including phenoxy) is 2. The molecule has 0 aromatic heterocycles. The average molecular weight is 423 g/mol. The van der Waals surface area contributed by atoms with E-state index in [1.165, 1.54) is 12.1 Å². The molecule has 1 heterocycles. The molecule has 1 aromatic carbocycles. The van der Waals surface area contributed by atoms with Crippen LogP contribution in [-0.4, -0.2) is 50.3 Å². The molecule has 1 atom stereocenters. The summed E-state index contributed by atoms with van der Waals surface area (Å²) < 4.78 is 23.8. The Bertz CT molecular complexity index is 464. The second-order valence-electron chi connectivity index (χ2n) is 5.06. The summed E-state index contributed by atoms with van der Waals surface area (Å²) >= 11 is 0. The zero-order valence-electron chi connectivity index (χ0n) is 12.7. The molecule has 0 bridgehead atoms. The summed E-state index contributed by atoms with van der Waals surface area (Å²) in [5.74, 6) is 0.845. The fraction of sp³-hybridized carbons (Fsp3) is 0.533. The van der Waals surface area contributed by atoms with E-state index in [0.717, 1.165) is 19.4 Å². The van der Waals surface area contributed by atoms with E-state index in [4.69, 9.17) is 15.2 Å². The third kappa shape index (κ3) is 6.35. The summed E-state index contributed by atoms with van der Waals surface area (Å²) in [4.78, 5) is 6.17. The standard InChI is InChI=1S/C15H22FN3O2.HI/c1-19(15(17)18-11-14-3-2-9-20-14)8-10-21-13-6-4-12(16)5-7-13;/h4-7,14H,2-3,8-11H2,1H3,(H2,17,18);1H. The van der Waals surface area contributed by atoms with Crippen molar-refractivity contribution in [3.05, 3.63) is 30.1 Å². The van der Waals surface area contributed by atoms with E-state index in [1.807, 2.05) is 11.9 Å². The number of nitrogens with two attached hydrogens (primary N) is 1. The number of likely N-dealkylation sites (N-methyl/N-ethyl adjacent to an activating group) is 1. The van der Waals surface area contributed by atoms with E-state index in [1.54, 1.807) is 12.1 Å². The molecule has 0 radical (unpaired) electrons. The minimum Gasteiger partial charge on any atom is -0.492 e. The number of benzene rings is 1. The van der Waals surface area contributed by atoms with E-state index >= 15 is 0 Å². The Labute approximate surface area is 147 Å². The lowest BCUT2D eigenvalue weighted by atomic mass is 10.2. The summed E-state index contributed by atoms with van der Waals surface area (Å²) in [6, 6.07) is 5.95. The van der Waals surface area contributed by atoms with Crippen LogP contribution in [0.15, 0.2) is 29.3 Å². The molecule has 0 amide bonds. The van der Waals surface area contributed by atoms with Crippen LogP contribution in [0.3, 0.4) is 0 Å². The average Bonchev–Trinajstić information content (AvgIpc) is 3.00. The van der Waals surface area contributed by atoms with Gasteiger partial charge in [0.2, 0.25) is 0 Å². The van der Waals surface area contributed by atoms with E-state index in [0.29, 0.717) is 31.4 Å². The van der Waals surface area contributed by atoms with Crippen LogP contribution in [0.4, 0.5) is 4.39 Å². The molecule has 0 spiro atoms. The molecule has 1 aliphatic rings. The van der Waals surface area contributed by atoms with Crippen molar-refractivity contribution in [2.75, 3.05) is 33.4 Å². The van der Waals surface area contributed by atoms with Gasteiger partial charge in [0.05, 0.1) is 19.2 Å². The van der Waals surface area contributed by atoms with Gasteiger partial charge >= 0.3 is 0 Å². The molecule has 5 nitrogen and oxygen atoms in total. The predicted octanol–water partition coefficient (Wildman–Crippen LogP) is 2.25. The Morgan fingerprint density at radius 3 is 2.82 bits per heavy atom. The van der Waals surface area contributed by atoms with Gasteiger partial charge in [-0.1, -0.05) is 0 Å². The fourth-order valence-corrected chi connectivity index (χ4v) is 2.05. The van der Waals surface area contributed by atoms with Crippen LogP contribution < -0.4 is 10.5 Å². The molecule has 2 N–H and O–H groups in total. The van der Waals surface area contributed by atoms with Crippen LogP contribution in [-0.2, 0) is 4.74 Å². The van der Waals surface area contributed by atoms with Crippen molar-refractivity contribution in [3.8, 4) is 5.75 Å². The number of aliphatic imine (C=N–C) groups is 1. The lowest BCUT2D eigenvalue weighted by Gasteiger charge is -2.18. The first-order valence-electron chi connectivity index (χ1n) is 7.16. The number of nitrogens with zero attached hydrogens (tertiary/aromatic N) is 2. The van der Waals surface area contributed by atoms with Crippen molar-refractivity contribution < 1.29 is 13.9 Å². The number of guanidine groups is 1. The monoisotopic (exact) mass is 423 g/mol. The van der Waals surface area contributed by atoms with Crippen molar-refractivity contribution in [3.63, 3.8) is 0 Å². The summed E-state index contributed by atoms with van der Waals surface area (Å²) in [7, 11) is 1.86. The largest absolute Gasteiger partial charge is 0.492 e. The molecule has 1 aromatic rings. The third-order valence-electron chi connectivity index (χ3n) is 3.38. The summed E-state index contributed by atoms with van der Waals surface area (Å²) in [6.07, 6.45) is 2.35. The van der Waals surface area contributed by atoms with Crippen LogP contribution in [0, 0.1) is 5.82 Å². The Hall–Kier alpha value is -1.09. The van der Waals surface area contributed by atoms with Gasteiger partial charge in [0, 0.05) is 13.7 Å². The zero-order chi connectivity index (χ0) is 15.1. The van der Waals surface area contributed by atoms with Crippen molar-refractivity contribution in [1.82, 2.24) is 4.90 Å². The molecular formula is C15H23FIN3O2.